The summed E-state index contributed by atoms with van der Waals surface area (Å²) >= 11 is 0. The maximum Gasteiger partial charge on any atom is 0.287 e. The van der Waals surface area contributed by atoms with E-state index in [4.69, 9.17) is 9.47 Å². The second-order valence-corrected chi connectivity index (χ2v) is 6.72. The van der Waals surface area contributed by atoms with Crippen molar-refractivity contribution < 1.29 is 19.1 Å². The number of nitrogens with zero attached hydrogens (tertiary/aromatic N) is 2. The molecule has 0 bridgehead atoms. The molecule has 2 N–H and O–H groups in total. The second-order valence-electron chi connectivity index (χ2n) is 6.72. The molecule has 0 spiro atoms. The fourth-order valence-electron chi connectivity index (χ4n) is 3.14. The summed E-state index contributed by atoms with van der Waals surface area (Å²) < 4.78 is 12.3. The van der Waals surface area contributed by atoms with Crippen molar-refractivity contribution in [3.63, 3.8) is 0 Å². The molecule has 0 unspecified atom stereocenters. The van der Waals surface area contributed by atoms with Gasteiger partial charge >= 0.3 is 0 Å². The number of benzene rings is 1. The molecule has 150 valence electrons. The number of pyridine rings is 1. The first-order valence-electron chi connectivity index (χ1n) is 9.59. The highest BCUT2D eigenvalue weighted by Gasteiger charge is 2.21. The van der Waals surface area contributed by atoms with Crippen LogP contribution in [0.1, 0.15) is 46.4 Å². The first-order valence-corrected chi connectivity index (χ1v) is 9.59. The van der Waals surface area contributed by atoms with Gasteiger partial charge in [-0.25, -0.2) is 4.98 Å². The Morgan fingerprint density at radius 1 is 1.10 bits per heavy atom. The third kappa shape index (κ3) is 3.87. The highest BCUT2D eigenvalue weighted by atomic mass is 16.7. The number of rotatable bonds is 7. The van der Waals surface area contributed by atoms with Gasteiger partial charge in [0.15, 0.2) is 17.2 Å². The van der Waals surface area contributed by atoms with Gasteiger partial charge in [0.25, 0.3) is 11.8 Å². The van der Waals surface area contributed by atoms with E-state index in [2.05, 4.69) is 22.5 Å². The van der Waals surface area contributed by atoms with Crippen LogP contribution in [0, 0.1) is 0 Å². The Kier molecular flexibility index (Phi) is 5.33. The third-order valence-corrected chi connectivity index (χ3v) is 4.67. The van der Waals surface area contributed by atoms with Gasteiger partial charge in [-0.2, -0.15) is 0 Å². The SMILES string of the molecule is CCCCNC(=O)c1nc(C(=O)NCc2ccc3c(c2)OCO3)c2ccccn12. The summed E-state index contributed by atoms with van der Waals surface area (Å²) in [5.41, 5.74) is 1.67. The van der Waals surface area contributed by atoms with Gasteiger partial charge in [-0.1, -0.05) is 25.5 Å². The van der Waals surface area contributed by atoms with Crippen molar-refractivity contribution in [2.45, 2.75) is 26.3 Å². The van der Waals surface area contributed by atoms with Crippen LogP contribution in [0.15, 0.2) is 42.6 Å². The lowest BCUT2D eigenvalue weighted by atomic mass is 10.2. The minimum absolute atomic E-state index is 0.199. The van der Waals surface area contributed by atoms with Gasteiger partial charge in [-0.15, -0.1) is 0 Å². The zero-order valence-electron chi connectivity index (χ0n) is 16.1. The number of fused-ring (bicyclic) bond motifs is 2. The van der Waals surface area contributed by atoms with Crippen molar-refractivity contribution >= 4 is 17.3 Å². The monoisotopic (exact) mass is 394 g/mol. The van der Waals surface area contributed by atoms with E-state index in [0.29, 0.717) is 30.1 Å². The summed E-state index contributed by atoms with van der Waals surface area (Å²) in [6.07, 6.45) is 3.60. The molecule has 0 saturated heterocycles. The fourth-order valence-corrected chi connectivity index (χ4v) is 3.14. The van der Waals surface area contributed by atoms with E-state index in [1.807, 2.05) is 24.3 Å². The number of nitrogens with one attached hydrogen (secondary N) is 2. The predicted octanol–water partition coefficient (Wildman–Crippen LogP) is 2.52. The van der Waals surface area contributed by atoms with Crippen molar-refractivity contribution in [2.24, 2.45) is 0 Å². The Morgan fingerprint density at radius 3 is 2.83 bits per heavy atom. The number of aromatic nitrogens is 2. The second kappa shape index (κ2) is 8.22. The van der Waals surface area contributed by atoms with Gasteiger partial charge in [0.2, 0.25) is 12.6 Å². The highest BCUT2D eigenvalue weighted by Crippen LogP contribution is 2.32. The molecule has 8 nitrogen and oxygen atoms in total. The van der Waals surface area contributed by atoms with Crippen molar-refractivity contribution in [3.05, 3.63) is 59.7 Å². The Balaban J connectivity index is 1.52. The molecule has 4 rings (SSSR count). The molecule has 29 heavy (non-hydrogen) atoms. The Hall–Kier alpha value is -3.55. The maximum absolute atomic E-state index is 12.8. The number of imidazole rings is 1. The smallest absolute Gasteiger partial charge is 0.287 e. The zero-order valence-corrected chi connectivity index (χ0v) is 16.1. The molecule has 0 radical (unpaired) electrons. The number of carbonyl (C=O) groups excluding carboxylic acids is 2. The van der Waals surface area contributed by atoms with Gasteiger partial charge in [-0.05, 0) is 36.2 Å². The average molecular weight is 394 g/mol. The number of unbranched alkanes of at least 4 members (excludes halogenated alkanes) is 1. The molecule has 1 aliphatic heterocycles. The summed E-state index contributed by atoms with van der Waals surface area (Å²) in [5.74, 6) is 0.910. The molecular weight excluding hydrogens is 372 g/mol. The largest absolute Gasteiger partial charge is 0.454 e. The molecule has 0 saturated carbocycles. The summed E-state index contributed by atoms with van der Waals surface area (Å²) in [6.45, 7) is 3.14. The molecule has 1 aromatic carbocycles. The number of carbonyl (C=O) groups is 2. The molecule has 2 aromatic heterocycles. The van der Waals surface area contributed by atoms with Crippen molar-refractivity contribution in [3.8, 4) is 11.5 Å². The average Bonchev–Trinajstić information content (AvgIpc) is 3.36. The van der Waals surface area contributed by atoms with Gasteiger partial charge in [0.05, 0.1) is 5.52 Å². The van der Waals surface area contributed by atoms with Gasteiger partial charge in [0.1, 0.15) is 0 Å². The Bertz CT molecular complexity index is 1060. The van der Waals surface area contributed by atoms with Crippen LogP contribution < -0.4 is 20.1 Å². The molecule has 0 atom stereocenters. The molecule has 1 aliphatic rings. The molecule has 3 aromatic rings. The van der Waals surface area contributed by atoms with Crippen LogP contribution in [0.2, 0.25) is 0 Å². The van der Waals surface area contributed by atoms with Crippen LogP contribution >= 0.6 is 0 Å². The lowest BCUT2D eigenvalue weighted by Gasteiger charge is -2.05. The summed E-state index contributed by atoms with van der Waals surface area (Å²) in [5, 5.41) is 5.71. The van der Waals surface area contributed by atoms with Crippen LogP contribution in [0.3, 0.4) is 0 Å². The molecule has 0 aliphatic carbocycles. The van der Waals surface area contributed by atoms with Crippen LogP contribution in [-0.2, 0) is 6.54 Å². The Morgan fingerprint density at radius 2 is 1.97 bits per heavy atom. The first kappa shape index (κ1) is 18.8. The maximum atomic E-state index is 12.8. The highest BCUT2D eigenvalue weighted by molar-refractivity contribution is 6.02. The summed E-state index contributed by atoms with van der Waals surface area (Å²) in [6, 6.07) is 10.9. The van der Waals surface area contributed by atoms with Gasteiger partial charge in [0, 0.05) is 19.3 Å². The normalized spacial score (nSPS) is 12.2. The van der Waals surface area contributed by atoms with E-state index in [-0.39, 0.29) is 30.1 Å². The zero-order chi connectivity index (χ0) is 20.2. The van der Waals surface area contributed by atoms with Gasteiger partial charge < -0.3 is 20.1 Å². The topological polar surface area (TPSA) is 94.0 Å². The lowest BCUT2D eigenvalue weighted by Crippen LogP contribution is -2.27. The van der Waals surface area contributed by atoms with E-state index >= 15 is 0 Å². The van der Waals surface area contributed by atoms with Crippen molar-refractivity contribution in [1.82, 2.24) is 20.0 Å². The minimum atomic E-state index is -0.348. The van der Waals surface area contributed by atoms with Gasteiger partial charge in [-0.3, -0.25) is 14.0 Å². The summed E-state index contributed by atoms with van der Waals surface area (Å²) in [7, 11) is 0. The van der Waals surface area contributed by atoms with Crippen molar-refractivity contribution in [2.75, 3.05) is 13.3 Å². The predicted molar refractivity (Wildman–Crippen MR) is 106 cm³/mol. The summed E-state index contributed by atoms with van der Waals surface area (Å²) in [4.78, 5) is 29.6. The minimum Gasteiger partial charge on any atom is -0.454 e. The van der Waals surface area contributed by atoms with E-state index in [9.17, 15) is 9.59 Å². The number of hydrogen-bond donors (Lipinski definition) is 2. The molecule has 3 heterocycles. The first-order chi connectivity index (χ1) is 14.2. The van der Waals surface area contributed by atoms with E-state index in [1.165, 1.54) is 0 Å². The van der Waals surface area contributed by atoms with E-state index in [0.717, 1.165) is 18.4 Å². The molecule has 0 fully saturated rings. The van der Waals surface area contributed by atoms with Crippen molar-refractivity contribution in [1.29, 1.82) is 0 Å². The van der Waals surface area contributed by atoms with Crippen LogP contribution in [0.4, 0.5) is 0 Å². The lowest BCUT2D eigenvalue weighted by molar-refractivity contribution is 0.0942. The Labute approximate surface area is 167 Å². The molecule has 2 amide bonds. The van der Waals surface area contributed by atoms with Crippen LogP contribution in [0.25, 0.3) is 5.52 Å². The quantitative estimate of drug-likeness (QED) is 0.601. The fraction of sp³-hybridized carbons (Fsp3) is 0.286. The molecule has 8 heteroatoms. The van der Waals surface area contributed by atoms with E-state index in [1.54, 1.807) is 22.7 Å². The van der Waals surface area contributed by atoms with Crippen LogP contribution in [-0.4, -0.2) is 34.5 Å². The number of hydrogen-bond acceptors (Lipinski definition) is 5. The third-order valence-electron chi connectivity index (χ3n) is 4.67. The standard InChI is InChI=1S/C21H22N4O4/c1-2-3-9-22-21(27)19-24-18(15-6-4-5-10-25(15)19)20(26)23-12-14-7-8-16-17(11-14)29-13-28-16/h4-8,10-11H,2-3,9,12-13H2,1H3,(H,22,27)(H,23,26). The molecular formula is C21H22N4O4. The van der Waals surface area contributed by atoms with Crippen LogP contribution in [0.5, 0.6) is 11.5 Å². The number of amides is 2. The number of ether oxygens (including phenoxy) is 2. The van der Waals surface area contributed by atoms with E-state index < -0.39 is 0 Å².